The van der Waals surface area contributed by atoms with E-state index < -0.39 is 23.4 Å². The molecule has 5 aromatic rings. The number of benzene rings is 4. The maximum absolute atomic E-state index is 15.0. The summed E-state index contributed by atoms with van der Waals surface area (Å²) in [7, 11) is 0. The fraction of sp³-hybridized carbons (Fsp3) is 0.171. The Kier molecular flexibility index (Phi) is 7.88. The van der Waals surface area contributed by atoms with Crippen LogP contribution in [-0.4, -0.2) is 15.9 Å². The third kappa shape index (κ3) is 6.18. The second-order valence-electron chi connectivity index (χ2n) is 10.6. The summed E-state index contributed by atoms with van der Waals surface area (Å²) >= 11 is 0. The first-order chi connectivity index (χ1) is 20.3. The topological polar surface area (TPSA) is 53.7 Å². The van der Waals surface area contributed by atoms with Crippen molar-refractivity contribution in [3.63, 3.8) is 0 Å². The van der Waals surface area contributed by atoms with Gasteiger partial charge in [0.1, 0.15) is 11.5 Å². The fourth-order valence-electron chi connectivity index (χ4n) is 5.01. The molecule has 1 N–H and O–H groups in total. The number of furan rings is 1. The lowest BCUT2D eigenvalue weighted by Gasteiger charge is -2.24. The minimum Gasteiger partial charge on any atom is -0.509 e. The average molecular weight is 588 g/mol. The number of aryl methyl sites for hydroxylation is 1. The number of aliphatic hydroxyl groups is 1. The van der Waals surface area contributed by atoms with E-state index in [1.807, 2.05) is 61.5 Å². The van der Waals surface area contributed by atoms with E-state index in [9.17, 15) is 27.5 Å². The molecule has 5 rings (SSSR count). The highest BCUT2D eigenvalue weighted by Crippen LogP contribution is 2.34. The number of allylic oxidation sites excluding steroid dienone is 1. The number of amides is 1. The Balaban J connectivity index is 1.48. The molecule has 8 heteroatoms. The number of fused-ring (bicyclic) bond motifs is 1. The molecule has 0 saturated carbocycles. The van der Waals surface area contributed by atoms with E-state index in [0.29, 0.717) is 11.1 Å². The van der Waals surface area contributed by atoms with Gasteiger partial charge in [0.2, 0.25) is 5.76 Å². The molecule has 1 atom stereocenters. The van der Waals surface area contributed by atoms with Gasteiger partial charge in [-0.2, -0.15) is 13.2 Å². The summed E-state index contributed by atoms with van der Waals surface area (Å²) in [4.78, 5) is 15.5. The second kappa shape index (κ2) is 11.4. The Hall–Kier alpha value is -4.85. The fourth-order valence-corrected chi connectivity index (χ4v) is 5.01. The van der Waals surface area contributed by atoms with Crippen molar-refractivity contribution in [3.8, 4) is 11.1 Å². The zero-order valence-corrected chi connectivity index (χ0v) is 23.6. The predicted molar refractivity (Wildman–Crippen MR) is 158 cm³/mol. The van der Waals surface area contributed by atoms with Gasteiger partial charge in [-0.05, 0) is 70.6 Å². The van der Waals surface area contributed by atoms with Crippen molar-refractivity contribution in [2.45, 2.75) is 38.8 Å². The quantitative estimate of drug-likeness (QED) is 0.145. The number of carbonyl (C=O) groups is 1. The number of nitrogens with zero attached hydrogens (tertiary/aromatic N) is 1. The molecule has 0 radical (unpaired) electrons. The summed E-state index contributed by atoms with van der Waals surface area (Å²) in [5, 5.41) is 11.3. The molecule has 4 nitrogen and oxygen atoms in total. The van der Waals surface area contributed by atoms with E-state index in [1.165, 1.54) is 17.9 Å². The molecular formula is C35H29F4NO3. The number of carbonyl (C=O) groups excluding carboxylic acids is 1. The summed E-state index contributed by atoms with van der Waals surface area (Å²) in [6.07, 6.45) is -4.64. The number of hydrogen-bond donors (Lipinski definition) is 1. The van der Waals surface area contributed by atoms with Crippen LogP contribution in [0.25, 0.3) is 21.9 Å². The molecule has 1 heterocycles. The van der Waals surface area contributed by atoms with Crippen molar-refractivity contribution in [2.24, 2.45) is 0 Å². The number of halogens is 4. The number of hydrogen-bond acceptors (Lipinski definition) is 3. The van der Waals surface area contributed by atoms with E-state index in [0.717, 1.165) is 33.5 Å². The van der Waals surface area contributed by atoms with Crippen molar-refractivity contribution in [2.75, 3.05) is 0 Å². The van der Waals surface area contributed by atoms with Crippen LogP contribution in [0.2, 0.25) is 0 Å². The Morgan fingerprint density at radius 3 is 2.26 bits per heavy atom. The average Bonchev–Trinajstić information content (AvgIpc) is 3.46. The number of rotatable bonds is 8. The van der Waals surface area contributed by atoms with Gasteiger partial charge in [-0.25, -0.2) is 4.39 Å². The molecule has 1 aromatic heterocycles. The summed E-state index contributed by atoms with van der Waals surface area (Å²) in [6.45, 7) is 6.30. The van der Waals surface area contributed by atoms with Gasteiger partial charge in [0.05, 0.1) is 12.1 Å². The summed E-state index contributed by atoms with van der Waals surface area (Å²) in [6, 6.07) is 27.2. The molecule has 0 saturated heterocycles. The van der Waals surface area contributed by atoms with Crippen LogP contribution in [0.3, 0.4) is 0 Å². The van der Waals surface area contributed by atoms with E-state index in [-0.39, 0.29) is 30.3 Å². The summed E-state index contributed by atoms with van der Waals surface area (Å²) < 4.78 is 59.8. The molecule has 1 amide bonds. The van der Waals surface area contributed by atoms with Gasteiger partial charge >= 0.3 is 6.18 Å². The smallest absolute Gasteiger partial charge is 0.449 e. The maximum Gasteiger partial charge on any atom is 0.449 e. The summed E-state index contributed by atoms with van der Waals surface area (Å²) in [5.74, 6) is -2.06. The standard InChI is InChI=1S/C35H29F4NO3/c1-22-11-14-26-7-4-5-10-30(26)32(22)33(42)40(21-29-17-18-31(43-29)35(37,38)39)20-24-12-15-25(16-13-24)27-8-6-9-28(19-27)34(3,36)23(2)41/h4-19,41H,2,20-21H2,1,3H3. The van der Waals surface area contributed by atoms with Crippen LogP contribution >= 0.6 is 0 Å². The Bertz CT molecular complexity index is 1800. The Morgan fingerprint density at radius 1 is 0.860 bits per heavy atom. The van der Waals surface area contributed by atoms with E-state index in [2.05, 4.69) is 6.58 Å². The molecule has 0 fully saturated rings. The third-order valence-electron chi connectivity index (χ3n) is 7.53. The summed E-state index contributed by atoms with van der Waals surface area (Å²) in [5.41, 5.74) is 1.55. The molecule has 0 spiro atoms. The van der Waals surface area contributed by atoms with Crippen LogP contribution in [0, 0.1) is 6.92 Å². The van der Waals surface area contributed by atoms with Gasteiger partial charge in [-0.3, -0.25) is 4.79 Å². The minimum absolute atomic E-state index is 0.00624. The normalized spacial score (nSPS) is 13.1. The van der Waals surface area contributed by atoms with Crippen LogP contribution in [0.15, 0.2) is 114 Å². The second-order valence-corrected chi connectivity index (χ2v) is 10.6. The first-order valence-electron chi connectivity index (χ1n) is 13.6. The van der Waals surface area contributed by atoms with Crippen LogP contribution < -0.4 is 0 Å². The largest absolute Gasteiger partial charge is 0.509 e. The van der Waals surface area contributed by atoms with Crippen molar-refractivity contribution >= 4 is 16.7 Å². The van der Waals surface area contributed by atoms with Gasteiger partial charge in [0, 0.05) is 6.54 Å². The first kappa shape index (κ1) is 29.6. The van der Waals surface area contributed by atoms with Gasteiger partial charge in [0.25, 0.3) is 5.91 Å². The SMILES string of the molecule is C=C(O)C(C)(F)c1cccc(-c2ccc(CN(Cc3ccc(C(F)(F)F)o3)C(=O)c3c(C)ccc4ccccc34)cc2)c1. The highest BCUT2D eigenvalue weighted by Gasteiger charge is 2.35. The van der Waals surface area contributed by atoms with Crippen molar-refractivity contribution < 1.29 is 31.9 Å². The van der Waals surface area contributed by atoms with Crippen molar-refractivity contribution in [1.29, 1.82) is 0 Å². The van der Waals surface area contributed by atoms with E-state index in [4.69, 9.17) is 4.42 Å². The molecule has 0 aliphatic rings. The number of alkyl halides is 4. The van der Waals surface area contributed by atoms with E-state index in [1.54, 1.807) is 30.3 Å². The van der Waals surface area contributed by atoms with Crippen LogP contribution in [-0.2, 0) is 24.9 Å². The molecular weight excluding hydrogens is 558 g/mol. The lowest BCUT2D eigenvalue weighted by atomic mass is 9.92. The lowest BCUT2D eigenvalue weighted by Crippen LogP contribution is -2.30. The molecule has 1 unspecified atom stereocenters. The van der Waals surface area contributed by atoms with Gasteiger partial charge in [0.15, 0.2) is 5.67 Å². The lowest BCUT2D eigenvalue weighted by molar-refractivity contribution is -0.153. The highest BCUT2D eigenvalue weighted by atomic mass is 19.4. The molecule has 220 valence electrons. The monoisotopic (exact) mass is 587 g/mol. The van der Waals surface area contributed by atoms with Gasteiger partial charge in [-0.1, -0.05) is 85.4 Å². The number of aliphatic hydroxyl groups excluding tert-OH is 1. The van der Waals surface area contributed by atoms with Crippen LogP contribution in [0.4, 0.5) is 17.6 Å². The zero-order valence-electron chi connectivity index (χ0n) is 23.6. The van der Waals surface area contributed by atoms with Gasteiger partial charge in [-0.15, -0.1) is 0 Å². The van der Waals surface area contributed by atoms with E-state index >= 15 is 0 Å². The van der Waals surface area contributed by atoms with Crippen LogP contribution in [0.5, 0.6) is 0 Å². The van der Waals surface area contributed by atoms with Crippen molar-refractivity contribution in [1.82, 2.24) is 4.90 Å². The Morgan fingerprint density at radius 2 is 1.58 bits per heavy atom. The third-order valence-corrected chi connectivity index (χ3v) is 7.53. The van der Waals surface area contributed by atoms with Crippen LogP contribution in [0.1, 0.15) is 45.5 Å². The Labute approximate surface area is 246 Å². The maximum atomic E-state index is 15.0. The molecule has 4 aromatic carbocycles. The molecule has 0 aliphatic carbocycles. The zero-order chi connectivity index (χ0) is 30.9. The predicted octanol–water partition coefficient (Wildman–Crippen LogP) is 9.53. The molecule has 0 bridgehead atoms. The van der Waals surface area contributed by atoms with Gasteiger partial charge < -0.3 is 14.4 Å². The van der Waals surface area contributed by atoms with Crippen molar-refractivity contribution in [3.05, 3.63) is 143 Å². The highest BCUT2D eigenvalue weighted by molar-refractivity contribution is 6.08. The minimum atomic E-state index is -4.64. The molecule has 43 heavy (non-hydrogen) atoms. The molecule has 0 aliphatic heterocycles. The first-order valence-corrected chi connectivity index (χ1v) is 13.6.